The Morgan fingerprint density at radius 3 is 2.20 bits per heavy atom. The van der Waals surface area contributed by atoms with Gasteiger partial charge >= 0.3 is 0 Å². The van der Waals surface area contributed by atoms with Crippen LogP contribution in [0.1, 0.15) is 0 Å². The van der Waals surface area contributed by atoms with Crippen LogP contribution in [0.15, 0.2) is 22.5 Å². The molecule has 10 heavy (non-hydrogen) atoms. The first kappa shape index (κ1) is 7.34. The number of hydrogen-bond acceptors (Lipinski definition) is 2. The molecule has 1 rings (SSSR count). The van der Waals surface area contributed by atoms with Crippen LogP contribution in [-0.4, -0.2) is 11.4 Å². The predicted octanol–water partition coefficient (Wildman–Crippen LogP) is 2.17. The molecule has 0 saturated carbocycles. The third-order valence-electron chi connectivity index (χ3n) is 1.06. The van der Waals surface area contributed by atoms with E-state index in [0.717, 1.165) is 6.08 Å². The van der Waals surface area contributed by atoms with E-state index in [0.29, 0.717) is 0 Å². The monoisotopic (exact) mass is 202 g/mol. The minimum Gasteiger partial charge on any atom is -0.299 e. The van der Waals surface area contributed by atoms with Crippen LogP contribution >= 0.6 is 15.9 Å². The van der Waals surface area contributed by atoms with Gasteiger partial charge in [-0.15, -0.1) is 0 Å². The molecule has 0 bridgehead atoms. The molecule has 1 aliphatic rings. The Balaban J connectivity index is 3.06. The van der Waals surface area contributed by atoms with Gasteiger partial charge in [0.05, 0.1) is 15.9 Å². The second-order valence-corrected chi connectivity index (χ2v) is 2.67. The van der Waals surface area contributed by atoms with Crippen LogP contribution in [0, 0.1) is 10.8 Å². The molecule has 1 aliphatic carbocycles. The lowest BCUT2D eigenvalue weighted by molar-refractivity contribution is 0.665. The molecular formula is C6H4BrFN2. The average molecular weight is 203 g/mol. The van der Waals surface area contributed by atoms with Crippen molar-refractivity contribution in [1.82, 2.24) is 0 Å². The summed E-state index contributed by atoms with van der Waals surface area (Å²) in [5.41, 5.74) is -0.0750. The van der Waals surface area contributed by atoms with Crippen LogP contribution in [0.5, 0.6) is 0 Å². The van der Waals surface area contributed by atoms with Gasteiger partial charge in [0.25, 0.3) is 0 Å². The van der Waals surface area contributed by atoms with Crippen LogP contribution in [0.3, 0.4) is 0 Å². The molecule has 2 nitrogen and oxygen atoms in total. The maximum atomic E-state index is 12.5. The van der Waals surface area contributed by atoms with Gasteiger partial charge in [-0.1, -0.05) is 0 Å². The maximum absolute atomic E-state index is 12.5. The van der Waals surface area contributed by atoms with Gasteiger partial charge < -0.3 is 0 Å². The van der Waals surface area contributed by atoms with E-state index in [-0.39, 0.29) is 15.9 Å². The van der Waals surface area contributed by atoms with Gasteiger partial charge in [-0.2, -0.15) is 0 Å². The van der Waals surface area contributed by atoms with Crippen molar-refractivity contribution in [1.29, 1.82) is 10.8 Å². The fraction of sp³-hybridized carbons (Fsp3) is 0. The fourth-order valence-corrected chi connectivity index (χ4v) is 0.890. The normalized spacial score (nSPS) is 18.6. The van der Waals surface area contributed by atoms with Crippen molar-refractivity contribution < 1.29 is 4.39 Å². The lowest BCUT2D eigenvalue weighted by Gasteiger charge is -2.03. The van der Waals surface area contributed by atoms with Gasteiger partial charge in [-0.05, 0) is 22.0 Å². The second kappa shape index (κ2) is 2.46. The van der Waals surface area contributed by atoms with E-state index in [1.165, 1.54) is 6.08 Å². The van der Waals surface area contributed by atoms with Gasteiger partial charge in [0.1, 0.15) is 5.83 Å². The largest absolute Gasteiger partial charge is 0.299 e. The summed E-state index contributed by atoms with van der Waals surface area (Å²) in [6.45, 7) is 0. The minimum absolute atomic E-state index is 0.0216. The lowest BCUT2D eigenvalue weighted by Crippen LogP contribution is -2.10. The molecule has 0 heterocycles. The van der Waals surface area contributed by atoms with Crippen molar-refractivity contribution in [3.8, 4) is 0 Å². The first-order valence-corrected chi connectivity index (χ1v) is 3.33. The number of nitrogens with one attached hydrogen (secondary N) is 2. The molecule has 0 saturated heterocycles. The molecule has 0 spiro atoms. The number of rotatable bonds is 0. The van der Waals surface area contributed by atoms with E-state index < -0.39 is 5.83 Å². The minimum atomic E-state index is -0.499. The smallest absolute Gasteiger partial charge is 0.139 e. The number of hydrogen-bond donors (Lipinski definition) is 2. The van der Waals surface area contributed by atoms with Crippen LogP contribution < -0.4 is 0 Å². The second-order valence-electron chi connectivity index (χ2n) is 1.81. The average Bonchev–Trinajstić information content (AvgIpc) is 1.84. The highest BCUT2D eigenvalue weighted by molar-refractivity contribution is 9.12. The van der Waals surface area contributed by atoms with Crippen molar-refractivity contribution in [2.45, 2.75) is 0 Å². The molecule has 0 aliphatic heterocycles. The summed E-state index contributed by atoms with van der Waals surface area (Å²) in [7, 11) is 0. The standard InChI is InChI=1S/C6H4BrFN2/c7-3-1-5(9)6(10)2-4(3)8/h1-2,9-10H. The summed E-state index contributed by atoms with van der Waals surface area (Å²) in [6.07, 6.45) is 2.27. The summed E-state index contributed by atoms with van der Waals surface area (Å²) in [4.78, 5) is 0. The molecule has 0 amide bonds. The molecule has 0 aromatic carbocycles. The molecule has 4 heteroatoms. The Labute approximate surface area is 65.6 Å². The molecule has 0 radical (unpaired) electrons. The zero-order chi connectivity index (χ0) is 7.72. The van der Waals surface area contributed by atoms with Gasteiger partial charge in [0.15, 0.2) is 0 Å². The molecule has 0 aromatic rings. The molecule has 0 unspecified atom stereocenters. The third-order valence-corrected chi connectivity index (χ3v) is 1.67. The summed E-state index contributed by atoms with van der Waals surface area (Å²) in [5.74, 6) is -0.499. The highest BCUT2D eigenvalue weighted by Crippen LogP contribution is 2.21. The lowest BCUT2D eigenvalue weighted by atomic mass is 10.1. The van der Waals surface area contributed by atoms with Gasteiger partial charge in [0.2, 0.25) is 0 Å². The molecule has 2 N–H and O–H groups in total. The van der Waals surface area contributed by atoms with Gasteiger partial charge in [0, 0.05) is 6.08 Å². The molecule has 0 aromatic heterocycles. The highest BCUT2D eigenvalue weighted by atomic mass is 79.9. The SMILES string of the molecule is N=C1C=C(F)C(Br)=CC1=N. The topological polar surface area (TPSA) is 47.7 Å². The molecular weight excluding hydrogens is 199 g/mol. The van der Waals surface area contributed by atoms with Crippen LogP contribution in [0.2, 0.25) is 0 Å². The van der Waals surface area contributed by atoms with Gasteiger partial charge in [-0.3, -0.25) is 10.8 Å². The van der Waals surface area contributed by atoms with E-state index in [4.69, 9.17) is 10.8 Å². The summed E-state index contributed by atoms with van der Waals surface area (Å²) in [5, 5.41) is 14.1. The Kier molecular flexibility index (Phi) is 1.80. The highest BCUT2D eigenvalue weighted by Gasteiger charge is 2.11. The summed E-state index contributed by atoms with van der Waals surface area (Å²) in [6, 6.07) is 0. The summed E-state index contributed by atoms with van der Waals surface area (Å²) < 4.78 is 12.7. The van der Waals surface area contributed by atoms with E-state index >= 15 is 0 Å². The van der Waals surface area contributed by atoms with Crippen LogP contribution in [0.25, 0.3) is 0 Å². The van der Waals surface area contributed by atoms with Crippen molar-refractivity contribution in [3.05, 3.63) is 22.5 Å². The van der Waals surface area contributed by atoms with Crippen molar-refractivity contribution in [2.24, 2.45) is 0 Å². The third kappa shape index (κ3) is 1.21. The van der Waals surface area contributed by atoms with Crippen molar-refractivity contribution in [3.63, 3.8) is 0 Å². The van der Waals surface area contributed by atoms with E-state index in [1.54, 1.807) is 0 Å². The Morgan fingerprint density at radius 1 is 1.20 bits per heavy atom. The summed E-state index contributed by atoms with van der Waals surface area (Å²) >= 11 is 2.90. The Morgan fingerprint density at radius 2 is 1.70 bits per heavy atom. The Bertz CT molecular complexity index is 237. The number of halogens is 2. The quantitative estimate of drug-likeness (QED) is 0.567. The van der Waals surface area contributed by atoms with Gasteiger partial charge in [-0.25, -0.2) is 4.39 Å². The van der Waals surface area contributed by atoms with Crippen LogP contribution in [-0.2, 0) is 0 Å². The fourth-order valence-electron chi connectivity index (χ4n) is 0.547. The van der Waals surface area contributed by atoms with Crippen LogP contribution in [0.4, 0.5) is 4.39 Å². The number of allylic oxidation sites excluding steroid dienone is 4. The molecule has 0 fully saturated rings. The van der Waals surface area contributed by atoms with Crippen molar-refractivity contribution >= 4 is 27.4 Å². The molecule has 0 atom stereocenters. The Hall–Kier alpha value is -0.770. The zero-order valence-corrected chi connectivity index (χ0v) is 6.50. The van der Waals surface area contributed by atoms with E-state index in [2.05, 4.69) is 15.9 Å². The zero-order valence-electron chi connectivity index (χ0n) is 4.91. The van der Waals surface area contributed by atoms with E-state index in [1.807, 2.05) is 0 Å². The van der Waals surface area contributed by atoms with E-state index in [9.17, 15) is 4.39 Å². The molecule has 52 valence electrons. The first-order valence-electron chi connectivity index (χ1n) is 2.53. The maximum Gasteiger partial charge on any atom is 0.139 e. The van der Waals surface area contributed by atoms with Crippen molar-refractivity contribution in [2.75, 3.05) is 0 Å². The predicted molar refractivity (Wildman–Crippen MR) is 41.7 cm³/mol. The first-order chi connectivity index (χ1) is 4.61.